The molecule has 8 nitrogen and oxygen atoms in total. The van der Waals surface area contributed by atoms with Crippen molar-refractivity contribution in [1.29, 1.82) is 0 Å². The highest BCUT2D eigenvalue weighted by atomic mass is 19.1. The van der Waals surface area contributed by atoms with Gasteiger partial charge in [0.05, 0.1) is 13.7 Å². The molecule has 0 N–H and O–H groups in total. The minimum atomic E-state index is -0.630. The van der Waals surface area contributed by atoms with Crippen LogP contribution in [0.4, 0.5) is 10.2 Å². The predicted octanol–water partition coefficient (Wildman–Crippen LogP) is 2.13. The lowest BCUT2D eigenvalue weighted by Gasteiger charge is -2.20. The molecule has 2 aromatic heterocycles. The number of carbonyl (C=O) groups excluding carboxylic acids is 1. The molecule has 3 rings (SSSR count). The summed E-state index contributed by atoms with van der Waals surface area (Å²) in [6.07, 6.45) is 0.698. The summed E-state index contributed by atoms with van der Waals surface area (Å²) in [5.74, 6) is 0.112. The van der Waals surface area contributed by atoms with Gasteiger partial charge in [-0.05, 0) is 18.6 Å². The number of esters is 1. The number of hydrogen-bond acceptors (Lipinski definition) is 7. The number of likely N-dealkylation sites (N-methyl/N-ethyl adjacent to an activating group) is 1. The third-order valence-corrected chi connectivity index (χ3v) is 3.99. The van der Waals surface area contributed by atoms with Crippen LogP contribution in [-0.4, -0.2) is 52.9 Å². The van der Waals surface area contributed by atoms with E-state index in [1.54, 1.807) is 18.2 Å². The maximum Gasteiger partial charge on any atom is 0.378 e. The van der Waals surface area contributed by atoms with Gasteiger partial charge in [0.2, 0.25) is 0 Å². The normalized spacial score (nSPS) is 10.8. The largest absolute Gasteiger partial charge is 0.489 e. The zero-order valence-corrected chi connectivity index (χ0v) is 15.3. The van der Waals surface area contributed by atoms with E-state index >= 15 is 0 Å². The molecule has 0 unspecified atom stereocenters. The Morgan fingerprint density at radius 1 is 1.30 bits per heavy atom. The molecule has 0 atom stereocenters. The summed E-state index contributed by atoms with van der Waals surface area (Å²) in [4.78, 5) is 22.1. The third-order valence-electron chi connectivity index (χ3n) is 3.99. The zero-order valence-electron chi connectivity index (χ0n) is 15.3. The SMILES string of the molecule is CCc1cc(N(C)CCOc2ccccc2F)n2nc(C(=O)OC)nc2n1. The summed E-state index contributed by atoms with van der Waals surface area (Å²) >= 11 is 0. The average molecular weight is 373 g/mol. The van der Waals surface area contributed by atoms with Crippen molar-refractivity contribution in [1.82, 2.24) is 19.6 Å². The minimum absolute atomic E-state index is 0.0597. The molecule has 0 fully saturated rings. The van der Waals surface area contributed by atoms with E-state index in [0.717, 1.165) is 5.69 Å². The number of benzene rings is 1. The number of methoxy groups -OCH3 is 1. The number of carbonyl (C=O) groups is 1. The lowest BCUT2D eigenvalue weighted by molar-refractivity contribution is 0.0587. The van der Waals surface area contributed by atoms with Crippen molar-refractivity contribution in [3.05, 3.63) is 47.7 Å². The second-order valence-electron chi connectivity index (χ2n) is 5.80. The lowest BCUT2D eigenvalue weighted by atomic mass is 10.3. The van der Waals surface area contributed by atoms with Crippen LogP contribution < -0.4 is 9.64 Å². The van der Waals surface area contributed by atoms with E-state index in [1.807, 2.05) is 24.9 Å². The van der Waals surface area contributed by atoms with Gasteiger partial charge < -0.3 is 14.4 Å². The van der Waals surface area contributed by atoms with E-state index in [-0.39, 0.29) is 18.2 Å². The first-order chi connectivity index (χ1) is 13.0. The Bertz CT molecular complexity index is 959. The number of para-hydroxylation sites is 1. The molecule has 0 aliphatic heterocycles. The molecule has 2 heterocycles. The first kappa shape index (κ1) is 18.6. The van der Waals surface area contributed by atoms with E-state index in [4.69, 9.17) is 4.74 Å². The molecule has 0 spiro atoms. The molecular weight excluding hydrogens is 353 g/mol. The number of ether oxygens (including phenoxy) is 2. The first-order valence-corrected chi connectivity index (χ1v) is 8.47. The zero-order chi connectivity index (χ0) is 19.4. The fourth-order valence-corrected chi connectivity index (χ4v) is 2.50. The molecule has 0 saturated carbocycles. The number of nitrogens with zero attached hydrogens (tertiary/aromatic N) is 5. The van der Waals surface area contributed by atoms with Crippen molar-refractivity contribution >= 4 is 17.6 Å². The number of rotatable bonds is 7. The number of aryl methyl sites for hydroxylation is 1. The van der Waals surface area contributed by atoms with E-state index in [1.165, 1.54) is 17.7 Å². The topological polar surface area (TPSA) is 81.9 Å². The van der Waals surface area contributed by atoms with Crippen LogP contribution in [0.2, 0.25) is 0 Å². The Morgan fingerprint density at radius 2 is 2.07 bits per heavy atom. The molecule has 1 aromatic carbocycles. The molecule has 142 valence electrons. The summed E-state index contributed by atoms with van der Waals surface area (Å²) in [5.41, 5.74) is 0.809. The summed E-state index contributed by atoms with van der Waals surface area (Å²) in [5, 5.41) is 4.19. The van der Waals surface area contributed by atoms with Crippen molar-refractivity contribution in [3.63, 3.8) is 0 Å². The van der Waals surface area contributed by atoms with Crippen LogP contribution >= 0.6 is 0 Å². The van der Waals surface area contributed by atoms with Crippen molar-refractivity contribution < 1.29 is 18.7 Å². The Balaban J connectivity index is 1.82. The Hall–Kier alpha value is -3.23. The van der Waals surface area contributed by atoms with E-state index in [9.17, 15) is 9.18 Å². The van der Waals surface area contributed by atoms with Crippen molar-refractivity contribution in [2.75, 3.05) is 32.2 Å². The van der Waals surface area contributed by atoms with Crippen LogP contribution in [0, 0.1) is 5.82 Å². The van der Waals surface area contributed by atoms with E-state index in [2.05, 4.69) is 19.8 Å². The van der Waals surface area contributed by atoms with Crippen LogP contribution in [0.3, 0.4) is 0 Å². The van der Waals surface area contributed by atoms with Crippen molar-refractivity contribution in [2.45, 2.75) is 13.3 Å². The highest BCUT2D eigenvalue weighted by molar-refractivity contribution is 5.85. The first-order valence-electron chi connectivity index (χ1n) is 8.47. The number of fused-ring (bicyclic) bond motifs is 1. The quantitative estimate of drug-likeness (QED) is 0.587. The Kier molecular flexibility index (Phi) is 5.49. The molecule has 0 bridgehead atoms. The molecule has 0 radical (unpaired) electrons. The molecule has 0 aliphatic carbocycles. The van der Waals surface area contributed by atoms with Crippen LogP contribution in [0.5, 0.6) is 5.75 Å². The summed E-state index contributed by atoms with van der Waals surface area (Å²) < 4.78 is 25.3. The van der Waals surface area contributed by atoms with Gasteiger partial charge in [-0.3, -0.25) is 0 Å². The molecular formula is C18H20FN5O3. The highest BCUT2D eigenvalue weighted by Crippen LogP contribution is 2.18. The second-order valence-corrected chi connectivity index (χ2v) is 5.80. The minimum Gasteiger partial charge on any atom is -0.489 e. The van der Waals surface area contributed by atoms with E-state index in [0.29, 0.717) is 24.6 Å². The third kappa shape index (κ3) is 3.97. The van der Waals surface area contributed by atoms with Crippen LogP contribution in [0.25, 0.3) is 5.78 Å². The van der Waals surface area contributed by atoms with Gasteiger partial charge in [-0.1, -0.05) is 19.1 Å². The Morgan fingerprint density at radius 3 is 2.78 bits per heavy atom. The fourth-order valence-electron chi connectivity index (χ4n) is 2.50. The standard InChI is InChI=1S/C18H20FN5O3/c1-4-12-11-15(24-18(20-12)21-16(22-24)17(25)26-3)23(2)9-10-27-14-8-6-5-7-13(14)19/h5-8,11H,4,9-10H2,1-3H3. The number of hydrogen-bond donors (Lipinski definition) is 0. The van der Waals surface area contributed by atoms with Gasteiger partial charge in [-0.2, -0.15) is 9.50 Å². The average Bonchev–Trinajstić information content (AvgIpc) is 3.12. The monoisotopic (exact) mass is 373 g/mol. The second kappa shape index (κ2) is 7.98. The molecule has 9 heteroatoms. The molecule has 3 aromatic rings. The highest BCUT2D eigenvalue weighted by Gasteiger charge is 2.18. The molecule has 0 saturated heterocycles. The van der Waals surface area contributed by atoms with Crippen LogP contribution in [-0.2, 0) is 11.2 Å². The summed E-state index contributed by atoms with van der Waals surface area (Å²) in [6, 6.07) is 8.12. The smallest absolute Gasteiger partial charge is 0.378 e. The van der Waals surface area contributed by atoms with Gasteiger partial charge in [0.15, 0.2) is 11.6 Å². The van der Waals surface area contributed by atoms with Gasteiger partial charge >= 0.3 is 5.97 Å². The Labute approximate surface area is 155 Å². The van der Waals surface area contributed by atoms with Gasteiger partial charge in [-0.25, -0.2) is 14.2 Å². The molecule has 0 amide bonds. The predicted molar refractivity (Wildman–Crippen MR) is 96.7 cm³/mol. The maximum absolute atomic E-state index is 13.6. The molecule has 27 heavy (non-hydrogen) atoms. The fraction of sp³-hybridized carbons (Fsp3) is 0.333. The summed E-state index contributed by atoms with van der Waals surface area (Å²) in [7, 11) is 3.12. The van der Waals surface area contributed by atoms with Crippen LogP contribution in [0.1, 0.15) is 23.2 Å². The van der Waals surface area contributed by atoms with Crippen LogP contribution in [0.15, 0.2) is 30.3 Å². The van der Waals surface area contributed by atoms with Crippen molar-refractivity contribution in [2.24, 2.45) is 0 Å². The summed E-state index contributed by atoms with van der Waals surface area (Å²) in [6.45, 7) is 2.70. The van der Waals surface area contributed by atoms with Gasteiger partial charge in [0, 0.05) is 18.8 Å². The van der Waals surface area contributed by atoms with Crippen molar-refractivity contribution in [3.8, 4) is 5.75 Å². The maximum atomic E-state index is 13.6. The number of anilines is 1. The van der Waals surface area contributed by atoms with Gasteiger partial charge in [0.1, 0.15) is 12.4 Å². The molecule has 0 aliphatic rings. The van der Waals surface area contributed by atoms with E-state index < -0.39 is 11.8 Å². The number of aromatic nitrogens is 4. The number of halogens is 1. The van der Waals surface area contributed by atoms with Gasteiger partial charge in [-0.15, -0.1) is 5.10 Å². The van der Waals surface area contributed by atoms with Gasteiger partial charge in [0.25, 0.3) is 11.6 Å². The lowest BCUT2D eigenvalue weighted by Crippen LogP contribution is -2.26.